The predicted molar refractivity (Wildman–Crippen MR) is 154 cm³/mol. The molecule has 0 aliphatic carbocycles. The summed E-state index contributed by atoms with van der Waals surface area (Å²) in [6.45, 7) is 7.52. The van der Waals surface area contributed by atoms with E-state index in [1.165, 1.54) is 39.3 Å². The third-order valence-corrected chi connectivity index (χ3v) is 9.11. The lowest BCUT2D eigenvalue weighted by atomic mass is 9.95. The van der Waals surface area contributed by atoms with E-state index in [2.05, 4.69) is 21.8 Å². The maximum atomic E-state index is 13.8. The minimum Gasteiger partial charge on any atom is -0.503 e. The van der Waals surface area contributed by atoms with Gasteiger partial charge >= 0.3 is 0 Å². The first-order valence-electron chi connectivity index (χ1n) is 12.0. The number of ether oxygens (including phenoxy) is 1. The zero-order valence-electron chi connectivity index (χ0n) is 21.2. The van der Waals surface area contributed by atoms with E-state index in [-0.39, 0.29) is 10.7 Å². The van der Waals surface area contributed by atoms with Crippen LogP contribution in [0.1, 0.15) is 37.5 Å². The lowest BCUT2D eigenvalue weighted by molar-refractivity contribution is -0.117. The Morgan fingerprint density at radius 1 is 1.15 bits per heavy atom. The Morgan fingerprint density at radius 3 is 2.67 bits per heavy atom. The molecule has 0 saturated carbocycles. The summed E-state index contributed by atoms with van der Waals surface area (Å²) in [5.41, 5.74) is 2.24. The van der Waals surface area contributed by atoms with Crippen LogP contribution in [0.25, 0.3) is 0 Å². The molecule has 11 heteroatoms. The molecule has 2 aromatic heterocycles. The van der Waals surface area contributed by atoms with Crippen LogP contribution >= 0.6 is 34.4 Å². The number of aliphatic hydroxyl groups is 1. The number of aliphatic hydroxyl groups excluding tert-OH is 1. The average Bonchev–Trinajstić information content (AvgIpc) is 3.62. The highest BCUT2D eigenvalue weighted by Crippen LogP contribution is 2.45. The fraction of sp³-hybridized carbons (Fsp3) is 0.179. The molecule has 4 aromatic rings. The summed E-state index contributed by atoms with van der Waals surface area (Å²) in [5.74, 6) is -0.541. The first-order valence-corrected chi connectivity index (χ1v) is 14.6. The van der Waals surface area contributed by atoms with E-state index in [9.17, 15) is 14.7 Å². The average molecular weight is 577 g/mol. The van der Waals surface area contributed by atoms with Gasteiger partial charge in [-0.3, -0.25) is 14.5 Å². The molecular weight excluding hydrogens is 553 g/mol. The summed E-state index contributed by atoms with van der Waals surface area (Å²) in [6.07, 6.45) is 1.63. The van der Waals surface area contributed by atoms with Gasteiger partial charge in [0.05, 0.1) is 27.2 Å². The van der Waals surface area contributed by atoms with Gasteiger partial charge in [0.2, 0.25) is 10.9 Å². The van der Waals surface area contributed by atoms with E-state index in [1.54, 1.807) is 37.3 Å². The first kappa shape index (κ1) is 26.8. The number of aromatic nitrogens is 3. The second-order valence-electron chi connectivity index (χ2n) is 8.61. The van der Waals surface area contributed by atoms with Crippen LogP contribution in [0.5, 0.6) is 5.75 Å². The number of anilines is 1. The molecule has 2 aromatic carbocycles. The zero-order chi connectivity index (χ0) is 27.5. The number of thioether (sulfide) groups is 1. The number of ketones is 1. The number of carbonyl (C=O) groups is 2. The summed E-state index contributed by atoms with van der Waals surface area (Å²) in [4.78, 5) is 33.4. The number of aryl methyl sites for hydroxylation is 2. The van der Waals surface area contributed by atoms with Crippen molar-refractivity contribution in [2.24, 2.45) is 0 Å². The number of nitrogens with zero attached hydrogens (tertiary/aromatic N) is 4. The molecular formula is C28H24N4O4S3. The molecule has 39 heavy (non-hydrogen) atoms. The number of hydrogen-bond donors (Lipinski definition) is 1. The topological polar surface area (TPSA) is 106 Å². The number of benzene rings is 2. The molecule has 5 rings (SSSR count). The van der Waals surface area contributed by atoms with Gasteiger partial charge in [0, 0.05) is 5.75 Å². The maximum Gasteiger partial charge on any atom is 0.296 e. The smallest absolute Gasteiger partial charge is 0.296 e. The van der Waals surface area contributed by atoms with Crippen molar-refractivity contribution < 1.29 is 19.4 Å². The largest absolute Gasteiger partial charge is 0.503 e. The monoisotopic (exact) mass is 576 g/mol. The van der Waals surface area contributed by atoms with E-state index in [0.717, 1.165) is 10.6 Å². The fourth-order valence-corrected chi connectivity index (χ4v) is 6.92. The SMILES string of the molecule is C=CCOc1cccc(C2C(C(=O)c3sc(C)nc3C)=C(O)C(=O)N2c2nnc(SCc3ccccc3)s2)c1. The first-order chi connectivity index (χ1) is 18.9. The van der Waals surface area contributed by atoms with E-state index < -0.39 is 23.5 Å². The van der Waals surface area contributed by atoms with Gasteiger partial charge in [-0.15, -0.1) is 21.5 Å². The van der Waals surface area contributed by atoms with Crippen LogP contribution in [0.2, 0.25) is 0 Å². The molecule has 0 fully saturated rings. The summed E-state index contributed by atoms with van der Waals surface area (Å²) in [5, 5.41) is 20.6. The van der Waals surface area contributed by atoms with E-state index >= 15 is 0 Å². The highest BCUT2D eigenvalue weighted by molar-refractivity contribution is 8.00. The Labute approximate surface area is 237 Å². The summed E-state index contributed by atoms with van der Waals surface area (Å²) < 4.78 is 6.37. The van der Waals surface area contributed by atoms with Crippen molar-refractivity contribution >= 4 is 51.3 Å². The van der Waals surface area contributed by atoms with Crippen molar-refractivity contribution in [2.75, 3.05) is 11.5 Å². The Kier molecular flexibility index (Phi) is 7.92. The minimum atomic E-state index is -0.931. The van der Waals surface area contributed by atoms with Gasteiger partial charge in [0.25, 0.3) is 5.91 Å². The van der Waals surface area contributed by atoms with Gasteiger partial charge in [-0.25, -0.2) is 4.98 Å². The molecule has 3 heterocycles. The molecule has 198 valence electrons. The van der Waals surface area contributed by atoms with Crippen molar-refractivity contribution in [3.8, 4) is 5.75 Å². The molecule has 1 N–H and O–H groups in total. The molecule has 1 unspecified atom stereocenters. The van der Waals surface area contributed by atoms with Crippen molar-refractivity contribution in [3.63, 3.8) is 0 Å². The van der Waals surface area contributed by atoms with Crippen LogP contribution in [0, 0.1) is 13.8 Å². The predicted octanol–water partition coefficient (Wildman–Crippen LogP) is 6.25. The quantitative estimate of drug-likeness (QED) is 0.102. The van der Waals surface area contributed by atoms with Crippen molar-refractivity contribution in [1.82, 2.24) is 15.2 Å². The van der Waals surface area contributed by atoms with E-state index in [1.807, 2.05) is 37.3 Å². The Morgan fingerprint density at radius 2 is 1.95 bits per heavy atom. The minimum absolute atomic E-state index is 0.0266. The highest BCUT2D eigenvalue weighted by Gasteiger charge is 2.46. The zero-order valence-corrected chi connectivity index (χ0v) is 23.6. The van der Waals surface area contributed by atoms with Crippen LogP contribution in [0.4, 0.5) is 5.13 Å². The number of amides is 1. The Balaban J connectivity index is 1.53. The Bertz CT molecular complexity index is 1580. The van der Waals surface area contributed by atoms with Crippen LogP contribution < -0.4 is 9.64 Å². The van der Waals surface area contributed by atoms with Gasteiger partial charge < -0.3 is 9.84 Å². The van der Waals surface area contributed by atoms with Gasteiger partial charge in [0.1, 0.15) is 12.4 Å². The molecule has 1 aliphatic heterocycles. The van der Waals surface area contributed by atoms with Gasteiger partial charge in [0.15, 0.2) is 10.1 Å². The summed E-state index contributed by atoms with van der Waals surface area (Å²) in [7, 11) is 0. The van der Waals surface area contributed by atoms with E-state index in [4.69, 9.17) is 4.74 Å². The van der Waals surface area contributed by atoms with Crippen molar-refractivity contribution in [3.05, 3.63) is 105 Å². The molecule has 0 spiro atoms. The molecule has 0 saturated heterocycles. The molecule has 0 bridgehead atoms. The number of thiazole rings is 1. The van der Waals surface area contributed by atoms with Crippen LogP contribution in [0.3, 0.4) is 0 Å². The van der Waals surface area contributed by atoms with Gasteiger partial charge in [-0.05, 0) is 37.1 Å². The number of rotatable bonds is 10. The van der Waals surface area contributed by atoms with Crippen LogP contribution in [0.15, 0.2) is 82.9 Å². The van der Waals surface area contributed by atoms with Crippen molar-refractivity contribution in [1.29, 1.82) is 0 Å². The summed E-state index contributed by atoms with van der Waals surface area (Å²) >= 11 is 3.96. The standard InChI is InChI=1S/C28H24N4O4S3/c1-4-13-36-20-12-8-11-19(14-20)22-21(23(33)25-16(2)29-17(3)38-25)24(34)26(35)32(22)27-30-31-28(39-27)37-15-18-9-6-5-7-10-18/h4-12,14,22,34H,1,13,15H2,2-3H3. The molecule has 1 atom stereocenters. The lowest BCUT2D eigenvalue weighted by Crippen LogP contribution is -2.31. The lowest BCUT2D eigenvalue weighted by Gasteiger charge is -2.24. The van der Waals surface area contributed by atoms with E-state index in [0.29, 0.717) is 38.6 Å². The Hall–Kier alpha value is -3.80. The number of Topliss-reactive ketones (excluding diaryl/α,β-unsaturated/α-hetero) is 1. The number of hydrogen-bond acceptors (Lipinski definition) is 10. The number of carbonyl (C=O) groups excluding carboxylic acids is 2. The van der Waals surface area contributed by atoms with Crippen molar-refractivity contribution in [2.45, 2.75) is 30.0 Å². The molecule has 1 amide bonds. The van der Waals surface area contributed by atoms with Crippen LogP contribution in [-0.2, 0) is 10.5 Å². The molecule has 0 radical (unpaired) electrons. The molecule has 8 nitrogen and oxygen atoms in total. The second kappa shape index (κ2) is 11.5. The van der Waals surface area contributed by atoms with Crippen LogP contribution in [-0.4, -0.2) is 38.6 Å². The van der Waals surface area contributed by atoms with Gasteiger partial charge in [-0.2, -0.15) is 0 Å². The van der Waals surface area contributed by atoms with Gasteiger partial charge in [-0.1, -0.05) is 78.2 Å². The fourth-order valence-electron chi connectivity index (χ4n) is 4.22. The second-order valence-corrected chi connectivity index (χ2v) is 12.0. The highest BCUT2D eigenvalue weighted by atomic mass is 32.2. The third-order valence-electron chi connectivity index (χ3n) is 5.91. The normalized spacial score (nSPS) is 15.2. The molecule has 1 aliphatic rings. The summed E-state index contributed by atoms with van der Waals surface area (Å²) in [6, 6.07) is 16.1. The third kappa shape index (κ3) is 5.51. The maximum absolute atomic E-state index is 13.8.